The number of benzene rings is 2. The number of tetrazole rings is 1. The SMILES string of the molecule is CC(=O)Nc1cccc(-n2nnnc2Sc2nnc(C)c3ccccc23)c1. The van der Waals surface area contributed by atoms with Crippen molar-refractivity contribution >= 4 is 34.1 Å². The third kappa shape index (κ3) is 3.49. The van der Waals surface area contributed by atoms with Crippen LogP contribution in [0.3, 0.4) is 0 Å². The van der Waals surface area contributed by atoms with Crippen molar-refractivity contribution < 1.29 is 4.79 Å². The number of anilines is 1. The number of nitrogens with one attached hydrogen (secondary N) is 1. The lowest BCUT2D eigenvalue weighted by molar-refractivity contribution is -0.114. The quantitative estimate of drug-likeness (QED) is 0.583. The van der Waals surface area contributed by atoms with Gasteiger partial charge in [-0.2, -0.15) is 9.78 Å². The molecule has 0 unspecified atom stereocenters. The van der Waals surface area contributed by atoms with Gasteiger partial charge in [-0.3, -0.25) is 4.79 Å². The number of rotatable bonds is 4. The smallest absolute Gasteiger partial charge is 0.221 e. The summed E-state index contributed by atoms with van der Waals surface area (Å²) in [5, 5.41) is 26.6. The van der Waals surface area contributed by atoms with E-state index in [1.165, 1.54) is 18.7 Å². The van der Waals surface area contributed by atoms with E-state index in [2.05, 4.69) is 31.0 Å². The van der Waals surface area contributed by atoms with Gasteiger partial charge in [-0.05, 0) is 47.3 Å². The number of fused-ring (bicyclic) bond motifs is 1. The Kier molecular flexibility index (Phi) is 4.51. The van der Waals surface area contributed by atoms with Gasteiger partial charge < -0.3 is 5.32 Å². The lowest BCUT2D eigenvalue weighted by Gasteiger charge is -2.08. The number of carbonyl (C=O) groups is 1. The minimum Gasteiger partial charge on any atom is -0.326 e. The van der Waals surface area contributed by atoms with E-state index in [1.54, 1.807) is 16.8 Å². The molecule has 0 saturated heterocycles. The maximum atomic E-state index is 11.3. The van der Waals surface area contributed by atoms with E-state index in [0.29, 0.717) is 10.8 Å². The number of hydrogen-bond donors (Lipinski definition) is 1. The highest BCUT2D eigenvalue weighted by Gasteiger charge is 2.15. The standard InChI is InChI=1S/C18H15N7OS/c1-11-15-8-3-4-9-16(15)17(21-20-11)27-18-22-23-24-25(18)14-7-5-6-13(10-14)19-12(2)26/h3-10H,1-2H3,(H,19,26). The van der Waals surface area contributed by atoms with Gasteiger partial charge in [0.25, 0.3) is 0 Å². The first-order valence-corrected chi connectivity index (χ1v) is 9.00. The number of nitrogens with zero attached hydrogens (tertiary/aromatic N) is 6. The first-order valence-electron chi connectivity index (χ1n) is 8.18. The first-order chi connectivity index (χ1) is 13.1. The largest absolute Gasteiger partial charge is 0.326 e. The van der Waals surface area contributed by atoms with Gasteiger partial charge in [0.05, 0.1) is 11.4 Å². The highest BCUT2D eigenvalue weighted by Crippen LogP contribution is 2.31. The molecule has 0 radical (unpaired) electrons. The lowest BCUT2D eigenvalue weighted by atomic mass is 10.1. The van der Waals surface area contributed by atoms with Crippen LogP contribution in [-0.2, 0) is 4.79 Å². The normalized spacial score (nSPS) is 10.9. The Hall–Kier alpha value is -3.33. The van der Waals surface area contributed by atoms with Gasteiger partial charge in [0.1, 0.15) is 5.03 Å². The molecule has 0 aliphatic rings. The second kappa shape index (κ2) is 7.12. The third-order valence-electron chi connectivity index (χ3n) is 3.88. The third-order valence-corrected chi connectivity index (χ3v) is 4.81. The molecule has 0 spiro atoms. The molecule has 27 heavy (non-hydrogen) atoms. The molecule has 0 fully saturated rings. The van der Waals surface area contributed by atoms with Crippen LogP contribution in [0.4, 0.5) is 5.69 Å². The first kappa shape index (κ1) is 17.1. The maximum absolute atomic E-state index is 11.3. The van der Waals surface area contributed by atoms with Crippen molar-refractivity contribution in [2.75, 3.05) is 5.32 Å². The lowest BCUT2D eigenvalue weighted by Crippen LogP contribution is -2.07. The second-order valence-electron chi connectivity index (χ2n) is 5.84. The van der Waals surface area contributed by atoms with Crippen molar-refractivity contribution in [2.24, 2.45) is 0 Å². The number of amides is 1. The molecule has 0 aliphatic carbocycles. The Labute approximate surface area is 159 Å². The predicted octanol–water partition coefficient (Wildman–Crippen LogP) is 3.02. The molecule has 2 aromatic carbocycles. The van der Waals surface area contributed by atoms with E-state index in [0.717, 1.165) is 27.2 Å². The molecule has 8 nitrogen and oxygen atoms in total. The van der Waals surface area contributed by atoms with Crippen molar-refractivity contribution in [3.8, 4) is 5.69 Å². The van der Waals surface area contributed by atoms with Crippen molar-refractivity contribution in [3.63, 3.8) is 0 Å². The van der Waals surface area contributed by atoms with Gasteiger partial charge in [-0.1, -0.05) is 30.3 Å². The van der Waals surface area contributed by atoms with E-state index in [1.807, 2.05) is 43.3 Å². The zero-order chi connectivity index (χ0) is 18.8. The molecule has 4 aromatic rings. The predicted molar refractivity (Wildman–Crippen MR) is 102 cm³/mol. The molecule has 2 aromatic heterocycles. The average Bonchev–Trinajstić information content (AvgIpc) is 3.12. The van der Waals surface area contributed by atoms with Crippen molar-refractivity contribution in [2.45, 2.75) is 24.0 Å². The molecule has 0 aliphatic heterocycles. The fourth-order valence-electron chi connectivity index (χ4n) is 2.70. The molecule has 0 atom stereocenters. The second-order valence-corrected chi connectivity index (χ2v) is 6.80. The fourth-order valence-corrected chi connectivity index (χ4v) is 3.55. The Balaban J connectivity index is 1.72. The summed E-state index contributed by atoms with van der Waals surface area (Å²) in [4.78, 5) is 11.3. The molecular weight excluding hydrogens is 362 g/mol. The number of aromatic nitrogens is 6. The highest BCUT2D eigenvalue weighted by molar-refractivity contribution is 7.99. The van der Waals surface area contributed by atoms with Crippen LogP contribution in [-0.4, -0.2) is 36.3 Å². The molecule has 4 rings (SSSR count). The van der Waals surface area contributed by atoms with Crippen LogP contribution in [0.1, 0.15) is 12.6 Å². The summed E-state index contributed by atoms with van der Waals surface area (Å²) in [5.41, 5.74) is 2.28. The maximum Gasteiger partial charge on any atom is 0.221 e. The van der Waals surface area contributed by atoms with Crippen molar-refractivity contribution in [3.05, 3.63) is 54.2 Å². The van der Waals surface area contributed by atoms with E-state index in [-0.39, 0.29) is 5.91 Å². The van der Waals surface area contributed by atoms with Gasteiger partial charge >= 0.3 is 0 Å². The number of hydrogen-bond acceptors (Lipinski definition) is 7. The minimum atomic E-state index is -0.139. The van der Waals surface area contributed by atoms with Crippen molar-refractivity contribution in [1.29, 1.82) is 0 Å². The van der Waals surface area contributed by atoms with Gasteiger partial charge in [0, 0.05) is 23.4 Å². The molecular formula is C18H15N7OS. The van der Waals surface area contributed by atoms with E-state index < -0.39 is 0 Å². The van der Waals surface area contributed by atoms with Gasteiger partial charge in [-0.25, -0.2) is 0 Å². The van der Waals surface area contributed by atoms with Crippen LogP contribution in [0.5, 0.6) is 0 Å². The van der Waals surface area contributed by atoms with Crippen LogP contribution in [0.25, 0.3) is 16.5 Å². The summed E-state index contributed by atoms with van der Waals surface area (Å²) in [6, 6.07) is 15.3. The Morgan fingerprint density at radius 3 is 2.67 bits per heavy atom. The van der Waals surface area contributed by atoms with Crippen LogP contribution >= 0.6 is 11.8 Å². The van der Waals surface area contributed by atoms with Crippen LogP contribution in [0.15, 0.2) is 58.7 Å². The van der Waals surface area contributed by atoms with E-state index in [9.17, 15) is 4.79 Å². The highest BCUT2D eigenvalue weighted by atomic mass is 32.2. The number of carbonyl (C=O) groups excluding carboxylic acids is 1. The summed E-state index contributed by atoms with van der Waals surface area (Å²) < 4.78 is 1.60. The summed E-state index contributed by atoms with van der Waals surface area (Å²) in [6.45, 7) is 3.40. The zero-order valence-electron chi connectivity index (χ0n) is 14.6. The Morgan fingerprint density at radius 1 is 1.04 bits per heavy atom. The van der Waals surface area contributed by atoms with Crippen molar-refractivity contribution in [1.82, 2.24) is 30.4 Å². The fraction of sp³-hybridized carbons (Fsp3) is 0.111. The minimum absolute atomic E-state index is 0.139. The number of aryl methyl sites for hydroxylation is 1. The van der Waals surface area contributed by atoms with E-state index in [4.69, 9.17) is 0 Å². The average molecular weight is 377 g/mol. The summed E-state index contributed by atoms with van der Waals surface area (Å²) in [5.74, 6) is -0.139. The molecule has 134 valence electrons. The molecule has 1 N–H and O–H groups in total. The topological polar surface area (TPSA) is 98.5 Å². The summed E-state index contributed by atoms with van der Waals surface area (Å²) >= 11 is 1.34. The molecule has 1 amide bonds. The molecule has 0 bridgehead atoms. The van der Waals surface area contributed by atoms with Gasteiger partial charge in [0.15, 0.2) is 0 Å². The molecule has 0 saturated carbocycles. The summed E-state index contributed by atoms with van der Waals surface area (Å²) in [6.07, 6.45) is 0. The summed E-state index contributed by atoms with van der Waals surface area (Å²) in [7, 11) is 0. The molecule has 2 heterocycles. The van der Waals surface area contributed by atoms with Crippen LogP contribution in [0, 0.1) is 6.92 Å². The Morgan fingerprint density at radius 2 is 1.85 bits per heavy atom. The Bertz CT molecular complexity index is 1140. The van der Waals surface area contributed by atoms with Crippen LogP contribution in [0.2, 0.25) is 0 Å². The van der Waals surface area contributed by atoms with E-state index >= 15 is 0 Å². The molecule has 9 heteroatoms. The van der Waals surface area contributed by atoms with Gasteiger partial charge in [0.2, 0.25) is 11.1 Å². The van der Waals surface area contributed by atoms with Crippen LogP contribution < -0.4 is 5.32 Å². The van der Waals surface area contributed by atoms with Gasteiger partial charge in [-0.15, -0.1) is 10.2 Å². The monoisotopic (exact) mass is 377 g/mol. The zero-order valence-corrected chi connectivity index (χ0v) is 15.4.